The van der Waals surface area contributed by atoms with Gasteiger partial charge in [-0.1, -0.05) is 0 Å². The van der Waals surface area contributed by atoms with Gasteiger partial charge in [0.2, 0.25) is 17.9 Å². The zero-order valence-corrected chi connectivity index (χ0v) is 6.23. The van der Waals surface area contributed by atoms with Gasteiger partial charge >= 0.3 is 0 Å². The summed E-state index contributed by atoms with van der Waals surface area (Å²) in [5.74, 6) is 4.28. The van der Waals surface area contributed by atoms with E-state index in [9.17, 15) is 0 Å². The molecule has 68 valence electrons. The van der Waals surface area contributed by atoms with E-state index in [1.54, 1.807) is 0 Å². The van der Waals surface area contributed by atoms with Gasteiger partial charge in [0.15, 0.2) is 0 Å². The van der Waals surface area contributed by atoms with Gasteiger partial charge in [-0.3, -0.25) is 0 Å². The second-order valence-electron chi connectivity index (χ2n) is 1.63. The van der Waals surface area contributed by atoms with E-state index in [4.69, 9.17) is 28.8 Å². The van der Waals surface area contributed by atoms with Crippen LogP contribution in [0.25, 0.3) is 0 Å². The topological polar surface area (TPSA) is 179 Å². The van der Waals surface area contributed by atoms with Gasteiger partial charge in [-0.2, -0.15) is 4.99 Å². The van der Waals surface area contributed by atoms with Crippen LogP contribution in [0.15, 0.2) is 15.2 Å². The molecule has 0 unspecified atom stereocenters. The number of nitrogens with one attached hydrogen (secondary N) is 1. The fraction of sp³-hybridized carbons (Fsp3) is 0. The summed E-state index contributed by atoms with van der Waals surface area (Å²) < 4.78 is 0. The predicted octanol–water partition coefficient (Wildman–Crippen LogP) is -3.73. The highest BCUT2D eigenvalue weighted by Crippen LogP contribution is 1.67. The zero-order valence-electron chi connectivity index (χ0n) is 6.23. The maximum absolute atomic E-state index is 5.20. The van der Waals surface area contributed by atoms with Crippen molar-refractivity contribution in [1.82, 2.24) is 5.43 Å². The van der Waals surface area contributed by atoms with E-state index in [2.05, 4.69) is 20.6 Å². The molecule has 0 aliphatic rings. The number of hydrazone groups is 2. The summed E-state index contributed by atoms with van der Waals surface area (Å²) >= 11 is 0. The number of guanidine groups is 3. The van der Waals surface area contributed by atoms with E-state index in [-0.39, 0.29) is 17.9 Å². The van der Waals surface area contributed by atoms with Gasteiger partial charge in [0.05, 0.1) is 0 Å². The number of hydrogen-bond donors (Lipinski definition) is 6. The lowest BCUT2D eigenvalue weighted by atomic mass is 10.9. The highest BCUT2D eigenvalue weighted by Gasteiger charge is 1.90. The van der Waals surface area contributed by atoms with Crippen molar-refractivity contribution in [2.45, 2.75) is 0 Å². The maximum Gasteiger partial charge on any atom is 0.240 e. The maximum atomic E-state index is 5.20. The van der Waals surface area contributed by atoms with Gasteiger partial charge in [-0.15, -0.1) is 10.2 Å². The number of hydrogen-bond acceptors (Lipinski definition) is 3. The third-order valence-electron chi connectivity index (χ3n) is 0.667. The van der Waals surface area contributed by atoms with E-state index < -0.39 is 0 Å². The first-order valence-corrected chi connectivity index (χ1v) is 2.78. The Bertz CT molecular complexity index is 220. The van der Waals surface area contributed by atoms with Crippen LogP contribution in [0.3, 0.4) is 0 Å². The first-order valence-electron chi connectivity index (χ1n) is 2.78. The Morgan fingerprint density at radius 3 is 2.08 bits per heavy atom. The molecule has 0 amide bonds. The van der Waals surface area contributed by atoms with Crippen molar-refractivity contribution in [3.63, 3.8) is 0 Å². The molecular weight excluding hydrogens is 162 g/mol. The van der Waals surface area contributed by atoms with Gasteiger partial charge in [-0.25, -0.2) is 5.43 Å². The Hall–Kier alpha value is -2.19. The average Bonchev–Trinajstić information content (AvgIpc) is 2.00. The smallest absolute Gasteiger partial charge is 0.240 e. The number of nitrogens with zero attached hydrogens (tertiary/aromatic N) is 3. The van der Waals surface area contributed by atoms with E-state index in [0.717, 1.165) is 0 Å². The quantitative estimate of drug-likeness (QED) is 0.102. The molecule has 11 N–H and O–H groups in total. The highest BCUT2D eigenvalue weighted by molar-refractivity contribution is 5.93. The van der Waals surface area contributed by atoms with Gasteiger partial charge in [-0.05, 0) is 0 Å². The monoisotopic (exact) mass is 173 g/mol. The van der Waals surface area contributed by atoms with Gasteiger partial charge in [0, 0.05) is 0 Å². The third kappa shape index (κ3) is 4.67. The average molecular weight is 173 g/mol. The van der Waals surface area contributed by atoms with Crippen molar-refractivity contribution < 1.29 is 0 Å². The Balaban J connectivity index is 4.13. The normalized spacial score (nSPS) is 12.3. The van der Waals surface area contributed by atoms with Crippen LogP contribution in [0.2, 0.25) is 0 Å². The SMILES string of the molecule is NN=C(N)N=C(N)NN=C(N)N. The minimum absolute atomic E-state index is 0.116. The molecule has 0 rings (SSSR count). The van der Waals surface area contributed by atoms with Crippen LogP contribution in [0.1, 0.15) is 0 Å². The van der Waals surface area contributed by atoms with E-state index in [0.29, 0.717) is 0 Å². The minimum Gasteiger partial charge on any atom is -0.369 e. The summed E-state index contributed by atoms with van der Waals surface area (Å²) in [6.45, 7) is 0. The molecule has 9 heteroatoms. The molecular formula is C3H11N9. The van der Waals surface area contributed by atoms with Crippen LogP contribution < -0.4 is 34.2 Å². The van der Waals surface area contributed by atoms with Gasteiger partial charge in [0.25, 0.3) is 0 Å². The fourth-order valence-corrected chi connectivity index (χ4v) is 0.299. The second kappa shape index (κ2) is 4.60. The molecule has 9 nitrogen and oxygen atoms in total. The predicted molar refractivity (Wildman–Crippen MR) is 46.4 cm³/mol. The van der Waals surface area contributed by atoms with Gasteiger partial charge in [0.1, 0.15) is 0 Å². The summed E-state index contributed by atoms with van der Waals surface area (Å²) in [5, 5.41) is 6.36. The molecule has 0 atom stereocenters. The molecule has 0 radical (unpaired) electrons. The molecule has 0 bridgehead atoms. The van der Waals surface area contributed by atoms with Crippen LogP contribution in [0.4, 0.5) is 0 Å². The largest absolute Gasteiger partial charge is 0.369 e. The summed E-state index contributed by atoms with van der Waals surface area (Å²) in [5.41, 5.74) is 22.4. The molecule has 0 aromatic heterocycles. The molecule has 0 aliphatic heterocycles. The third-order valence-corrected chi connectivity index (χ3v) is 0.667. The molecule has 0 saturated heterocycles. The van der Waals surface area contributed by atoms with Crippen LogP contribution in [0, 0.1) is 0 Å². The molecule has 0 heterocycles. The van der Waals surface area contributed by atoms with Crippen LogP contribution in [0.5, 0.6) is 0 Å². The standard InChI is InChI=1S/C3H11N9/c4-1(5)11-12-3(7)9-2(6)10-8/h8H2,(H4,4,5,11)(H5,6,7,9,10,12). The molecule has 0 fully saturated rings. The van der Waals surface area contributed by atoms with Crippen LogP contribution >= 0.6 is 0 Å². The first-order chi connectivity index (χ1) is 5.56. The lowest BCUT2D eigenvalue weighted by molar-refractivity contribution is 0.995. The van der Waals surface area contributed by atoms with Gasteiger partial charge < -0.3 is 28.8 Å². The fourth-order valence-electron chi connectivity index (χ4n) is 0.299. The lowest BCUT2D eigenvalue weighted by Crippen LogP contribution is -2.34. The minimum atomic E-state index is -0.189. The van der Waals surface area contributed by atoms with Crippen molar-refractivity contribution in [2.24, 2.45) is 44.0 Å². The van der Waals surface area contributed by atoms with Crippen molar-refractivity contribution in [3.8, 4) is 0 Å². The van der Waals surface area contributed by atoms with E-state index >= 15 is 0 Å². The molecule has 12 heavy (non-hydrogen) atoms. The number of nitrogens with two attached hydrogens (primary N) is 5. The summed E-state index contributed by atoms with van der Waals surface area (Å²) in [6.07, 6.45) is 0. The van der Waals surface area contributed by atoms with E-state index in [1.807, 2.05) is 0 Å². The number of aliphatic imine (C=N–C) groups is 1. The van der Waals surface area contributed by atoms with Crippen molar-refractivity contribution in [2.75, 3.05) is 0 Å². The Kier molecular flexibility index (Phi) is 3.76. The van der Waals surface area contributed by atoms with Crippen LogP contribution in [-0.4, -0.2) is 17.9 Å². The van der Waals surface area contributed by atoms with Crippen LogP contribution in [-0.2, 0) is 0 Å². The molecule has 0 saturated carbocycles. The van der Waals surface area contributed by atoms with Crippen molar-refractivity contribution in [1.29, 1.82) is 0 Å². The second-order valence-corrected chi connectivity index (χ2v) is 1.63. The highest BCUT2D eigenvalue weighted by atomic mass is 15.4. The van der Waals surface area contributed by atoms with Crippen molar-refractivity contribution >= 4 is 17.9 Å². The Labute approximate surface area is 68.3 Å². The van der Waals surface area contributed by atoms with Crippen molar-refractivity contribution in [3.05, 3.63) is 0 Å². The molecule has 0 spiro atoms. The molecule has 0 aromatic carbocycles. The molecule has 0 aliphatic carbocycles. The summed E-state index contributed by atoms with van der Waals surface area (Å²) in [4.78, 5) is 3.44. The lowest BCUT2D eigenvalue weighted by Gasteiger charge is -1.97. The Morgan fingerprint density at radius 2 is 1.67 bits per heavy atom. The summed E-state index contributed by atoms with van der Waals surface area (Å²) in [7, 11) is 0. The molecule has 0 aromatic rings. The summed E-state index contributed by atoms with van der Waals surface area (Å²) in [6, 6.07) is 0. The first kappa shape index (κ1) is 9.81. The number of rotatable bonds is 1. The van der Waals surface area contributed by atoms with E-state index in [1.165, 1.54) is 0 Å². The Morgan fingerprint density at radius 1 is 1.08 bits per heavy atom. The zero-order chi connectivity index (χ0) is 9.56.